The van der Waals surface area contributed by atoms with E-state index in [2.05, 4.69) is 13.8 Å². The number of benzene rings is 1. The van der Waals surface area contributed by atoms with Gasteiger partial charge in [-0.15, -0.1) is 0 Å². The van der Waals surface area contributed by atoms with Crippen molar-refractivity contribution >= 4 is 18.6 Å². The van der Waals surface area contributed by atoms with Gasteiger partial charge in [0.2, 0.25) is 7.37 Å². The van der Waals surface area contributed by atoms with E-state index in [1.54, 1.807) is 24.3 Å². The number of carbonyl (C=O) groups excluding carboxylic acids is 1. The van der Waals surface area contributed by atoms with Crippen LogP contribution in [0.4, 0.5) is 0 Å². The first kappa shape index (κ1) is 25.9. The maximum atomic E-state index is 12.9. The molecular formula is C24H41O4P. The Morgan fingerprint density at radius 2 is 1.31 bits per heavy atom. The Bertz CT molecular complexity index is 597. The van der Waals surface area contributed by atoms with E-state index in [0.29, 0.717) is 23.6 Å². The van der Waals surface area contributed by atoms with Crippen LogP contribution in [-0.4, -0.2) is 25.8 Å². The third-order valence-corrected chi connectivity index (χ3v) is 7.91. The summed E-state index contributed by atoms with van der Waals surface area (Å²) in [6, 6.07) is 6.84. The third kappa shape index (κ3) is 10.5. The molecule has 0 aliphatic carbocycles. The first-order valence-corrected chi connectivity index (χ1v) is 13.3. The molecule has 0 N–H and O–H groups in total. The summed E-state index contributed by atoms with van der Waals surface area (Å²) in [6.07, 6.45) is 14.9. The fraction of sp³-hybridized carbons (Fsp3) is 0.708. The minimum Gasteiger partial charge on any atom is -0.462 e. The molecule has 0 bridgehead atoms. The number of ether oxygens (including phenoxy) is 1. The topological polar surface area (TPSA) is 52.6 Å². The van der Waals surface area contributed by atoms with Crippen LogP contribution in [-0.2, 0) is 13.8 Å². The van der Waals surface area contributed by atoms with Crippen molar-refractivity contribution < 1.29 is 18.6 Å². The Labute approximate surface area is 178 Å². The number of rotatable bonds is 17. The van der Waals surface area contributed by atoms with E-state index in [0.717, 1.165) is 25.7 Å². The van der Waals surface area contributed by atoms with E-state index in [4.69, 9.17) is 9.26 Å². The summed E-state index contributed by atoms with van der Waals surface area (Å²) in [5, 5.41) is 0.666. The Hall–Kier alpha value is -1.12. The first-order chi connectivity index (χ1) is 14.1. The molecule has 166 valence electrons. The molecule has 0 saturated heterocycles. The zero-order valence-electron chi connectivity index (χ0n) is 18.8. The highest BCUT2D eigenvalue weighted by Crippen LogP contribution is 2.45. The smallest absolute Gasteiger partial charge is 0.338 e. The summed E-state index contributed by atoms with van der Waals surface area (Å²) < 4.78 is 23.6. The molecule has 1 atom stereocenters. The summed E-state index contributed by atoms with van der Waals surface area (Å²) >= 11 is 0. The van der Waals surface area contributed by atoms with Gasteiger partial charge in [-0.3, -0.25) is 4.57 Å². The van der Waals surface area contributed by atoms with Crippen molar-refractivity contribution in [3.8, 4) is 0 Å². The number of hydrogen-bond acceptors (Lipinski definition) is 4. The number of carbonyl (C=O) groups is 1. The van der Waals surface area contributed by atoms with Crippen LogP contribution >= 0.6 is 7.37 Å². The fourth-order valence-corrected chi connectivity index (χ4v) is 5.34. The summed E-state index contributed by atoms with van der Waals surface area (Å²) in [6.45, 7) is 4.77. The Kier molecular flexibility index (Phi) is 14.0. The van der Waals surface area contributed by atoms with Crippen molar-refractivity contribution in [2.75, 3.05) is 19.9 Å². The van der Waals surface area contributed by atoms with Gasteiger partial charge in [0.1, 0.15) is 0 Å². The monoisotopic (exact) mass is 424 g/mol. The molecule has 0 radical (unpaired) electrons. The molecule has 1 aromatic carbocycles. The molecular weight excluding hydrogens is 383 g/mol. The quantitative estimate of drug-likeness (QED) is 0.152. The number of hydrogen-bond donors (Lipinski definition) is 0. The van der Waals surface area contributed by atoms with Crippen molar-refractivity contribution in [1.82, 2.24) is 0 Å². The average Bonchev–Trinajstić information content (AvgIpc) is 2.75. The third-order valence-electron chi connectivity index (χ3n) is 5.33. The SMILES string of the molecule is CCCCCCCCCCCCOC(=O)c1ccc(P(=O)(CCCC)OC)cc1. The van der Waals surface area contributed by atoms with E-state index >= 15 is 0 Å². The van der Waals surface area contributed by atoms with Crippen molar-refractivity contribution in [2.24, 2.45) is 0 Å². The van der Waals surface area contributed by atoms with Gasteiger partial charge in [0, 0.05) is 18.6 Å². The van der Waals surface area contributed by atoms with E-state index in [1.165, 1.54) is 58.5 Å². The molecule has 29 heavy (non-hydrogen) atoms. The zero-order chi connectivity index (χ0) is 21.4. The minimum absolute atomic E-state index is 0.312. The summed E-state index contributed by atoms with van der Waals surface area (Å²) in [4.78, 5) is 12.2. The largest absolute Gasteiger partial charge is 0.462 e. The molecule has 1 unspecified atom stereocenters. The second kappa shape index (κ2) is 15.7. The predicted molar refractivity (Wildman–Crippen MR) is 123 cm³/mol. The van der Waals surface area contributed by atoms with Crippen LogP contribution < -0.4 is 5.30 Å². The van der Waals surface area contributed by atoms with E-state index in [1.807, 2.05) is 0 Å². The van der Waals surface area contributed by atoms with Gasteiger partial charge in [-0.1, -0.05) is 78.1 Å². The van der Waals surface area contributed by atoms with E-state index in [9.17, 15) is 9.36 Å². The fourth-order valence-electron chi connectivity index (χ4n) is 3.35. The second-order valence-electron chi connectivity index (χ2n) is 7.80. The molecule has 1 rings (SSSR count). The van der Waals surface area contributed by atoms with Gasteiger partial charge >= 0.3 is 5.97 Å². The normalized spacial score (nSPS) is 13.2. The second-order valence-corrected chi connectivity index (χ2v) is 10.5. The molecule has 0 amide bonds. The molecule has 0 heterocycles. The van der Waals surface area contributed by atoms with Gasteiger partial charge < -0.3 is 9.26 Å². The molecule has 0 aliphatic rings. The van der Waals surface area contributed by atoms with Gasteiger partial charge in [0.15, 0.2) is 0 Å². The van der Waals surface area contributed by atoms with Crippen molar-refractivity contribution in [3.05, 3.63) is 29.8 Å². The zero-order valence-corrected chi connectivity index (χ0v) is 19.7. The molecule has 0 aliphatic heterocycles. The molecule has 0 saturated carbocycles. The summed E-state index contributed by atoms with van der Waals surface area (Å²) in [5.74, 6) is -0.312. The highest BCUT2D eigenvalue weighted by Gasteiger charge is 2.24. The highest BCUT2D eigenvalue weighted by molar-refractivity contribution is 7.66. The standard InChI is InChI=1S/C24H41O4P/c1-4-6-8-9-10-11-12-13-14-15-20-28-24(25)22-16-18-23(19-17-22)29(26,27-3)21-7-5-2/h16-19H,4-15,20-21H2,1-3H3. The van der Waals surface area contributed by atoms with E-state index < -0.39 is 7.37 Å². The van der Waals surface area contributed by atoms with Crippen LogP contribution in [0.1, 0.15) is 101 Å². The van der Waals surface area contributed by atoms with Gasteiger partial charge in [0.05, 0.1) is 12.2 Å². The van der Waals surface area contributed by atoms with Crippen LogP contribution in [0.2, 0.25) is 0 Å². The predicted octanol–water partition coefficient (Wildman–Crippen LogP) is 7.11. The maximum absolute atomic E-state index is 12.9. The van der Waals surface area contributed by atoms with Crippen LogP contribution in [0, 0.1) is 0 Å². The maximum Gasteiger partial charge on any atom is 0.338 e. The van der Waals surface area contributed by atoms with Crippen molar-refractivity contribution in [1.29, 1.82) is 0 Å². The van der Waals surface area contributed by atoms with Crippen molar-refractivity contribution in [2.45, 2.75) is 90.9 Å². The Morgan fingerprint density at radius 3 is 1.83 bits per heavy atom. The van der Waals surface area contributed by atoms with Crippen molar-refractivity contribution in [3.63, 3.8) is 0 Å². The van der Waals surface area contributed by atoms with Gasteiger partial charge in [-0.05, 0) is 37.1 Å². The molecule has 0 spiro atoms. The van der Waals surface area contributed by atoms with Gasteiger partial charge in [0.25, 0.3) is 0 Å². The summed E-state index contributed by atoms with van der Waals surface area (Å²) in [7, 11) is -1.33. The molecule has 0 aromatic heterocycles. The lowest BCUT2D eigenvalue weighted by Gasteiger charge is -2.16. The number of esters is 1. The lowest BCUT2D eigenvalue weighted by Crippen LogP contribution is -2.12. The van der Waals surface area contributed by atoms with Crippen LogP contribution in [0.3, 0.4) is 0 Å². The lowest BCUT2D eigenvalue weighted by atomic mass is 10.1. The molecule has 5 heteroatoms. The summed E-state index contributed by atoms with van der Waals surface area (Å²) in [5.41, 5.74) is 0.499. The van der Waals surface area contributed by atoms with Crippen LogP contribution in [0.5, 0.6) is 0 Å². The lowest BCUT2D eigenvalue weighted by molar-refractivity contribution is 0.0497. The van der Waals surface area contributed by atoms with Gasteiger partial charge in [-0.25, -0.2) is 4.79 Å². The van der Waals surface area contributed by atoms with Crippen LogP contribution in [0.25, 0.3) is 0 Å². The first-order valence-electron chi connectivity index (χ1n) is 11.5. The molecule has 1 aromatic rings. The minimum atomic E-state index is -2.82. The van der Waals surface area contributed by atoms with Crippen LogP contribution in [0.15, 0.2) is 24.3 Å². The highest BCUT2D eigenvalue weighted by atomic mass is 31.2. The Morgan fingerprint density at radius 1 is 0.793 bits per heavy atom. The van der Waals surface area contributed by atoms with Gasteiger partial charge in [-0.2, -0.15) is 0 Å². The number of unbranched alkanes of at least 4 members (excludes halogenated alkanes) is 10. The molecule has 0 fully saturated rings. The molecule has 4 nitrogen and oxygen atoms in total. The van der Waals surface area contributed by atoms with E-state index in [-0.39, 0.29) is 5.97 Å². The average molecular weight is 425 g/mol. The Balaban J connectivity index is 2.24.